The van der Waals surface area contributed by atoms with Crippen molar-refractivity contribution < 1.29 is 9.21 Å². The van der Waals surface area contributed by atoms with E-state index in [2.05, 4.69) is 31.4 Å². The molecule has 25 heavy (non-hydrogen) atoms. The third-order valence-electron chi connectivity index (χ3n) is 3.46. The summed E-state index contributed by atoms with van der Waals surface area (Å²) in [6.45, 7) is 4.67. The highest BCUT2D eigenvalue weighted by molar-refractivity contribution is 9.10. The third-order valence-corrected chi connectivity index (χ3v) is 4.85. The van der Waals surface area contributed by atoms with Gasteiger partial charge in [-0.1, -0.05) is 23.9 Å². The second-order valence-corrected chi connectivity index (χ2v) is 7.08. The molecule has 3 rings (SSSR count). The molecular weight excluding hydrogens is 404 g/mol. The van der Waals surface area contributed by atoms with Crippen molar-refractivity contribution in [2.45, 2.75) is 25.5 Å². The SMILES string of the molecule is CCn1c(SCC(=O)Nc2cccc(C)c2)nnc1-c1ccc(Br)o1. The Morgan fingerprint density at radius 1 is 1.32 bits per heavy atom. The van der Waals surface area contributed by atoms with Crippen molar-refractivity contribution in [1.82, 2.24) is 14.8 Å². The summed E-state index contributed by atoms with van der Waals surface area (Å²) in [5, 5.41) is 12.0. The molecule has 2 aromatic heterocycles. The van der Waals surface area contributed by atoms with Gasteiger partial charge >= 0.3 is 0 Å². The van der Waals surface area contributed by atoms with Gasteiger partial charge in [0, 0.05) is 12.2 Å². The summed E-state index contributed by atoms with van der Waals surface area (Å²) in [5.74, 6) is 1.46. The fraction of sp³-hybridized carbons (Fsp3) is 0.235. The van der Waals surface area contributed by atoms with E-state index in [1.54, 1.807) is 0 Å². The number of aryl methyl sites for hydroxylation is 1. The predicted molar refractivity (Wildman–Crippen MR) is 102 cm³/mol. The topological polar surface area (TPSA) is 73.0 Å². The highest BCUT2D eigenvalue weighted by Crippen LogP contribution is 2.27. The Bertz CT molecular complexity index is 890. The molecule has 0 bridgehead atoms. The normalized spacial score (nSPS) is 10.8. The Hall–Kier alpha value is -2.06. The van der Waals surface area contributed by atoms with Crippen molar-refractivity contribution in [2.75, 3.05) is 11.1 Å². The number of hydrogen-bond donors (Lipinski definition) is 1. The lowest BCUT2D eigenvalue weighted by atomic mass is 10.2. The monoisotopic (exact) mass is 420 g/mol. The van der Waals surface area contributed by atoms with Gasteiger partial charge in [-0.05, 0) is 59.6 Å². The molecular formula is C17H17BrN4O2S. The van der Waals surface area contributed by atoms with Crippen LogP contribution in [0.5, 0.6) is 0 Å². The van der Waals surface area contributed by atoms with Crippen LogP contribution >= 0.6 is 27.7 Å². The zero-order valence-corrected chi connectivity index (χ0v) is 16.2. The molecule has 130 valence electrons. The van der Waals surface area contributed by atoms with Crippen molar-refractivity contribution in [1.29, 1.82) is 0 Å². The summed E-state index contributed by atoms with van der Waals surface area (Å²) in [7, 11) is 0. The standard InChI is InChI=1S/C17H17BrN4O2S/c1-3-22-16(13-7-8-14(18)24-13)20-21-17(22)25-10-15(23)19-12-6-4-5-11(2)9-12/h4-9H,3,10H2,1-2H3,(H,19,23). The molecule has 1 N–H and O–H groups in total. The Kier molecular flexibility index (Phi) is 5.60. The van der Waals surface area contributed by atoms with E-state index in [0.29, 0.717) is 28.0 Å². The number of halogens is 1. The molecule has 1 amide bonds. The average molecular weight is 421 g/mol. The minimum atomic E-state index is -0.0800. The summed E-state index contributed by atoms with van der Waals surface area (Å²) in [6.07, 6.45) is 0. The van der Waals surface area contributed by atoms with Gasteiger partial charge in [-0.3, -0.25) is 9.36 Å². The Balaban J connectivity index is 1.67. The van der Waals surface area contributed by atoms with Gasteiger partial charge < -0.3 is 9.73 Å². The van der Waals surface area contributed by atoms with Gasteiger partial charge in [0.15, 0.2) is 15.6 Å². The van der Waals surface area contributed by atoms with Gasteiger partial charge in [0.2, 0.25) is 11.7 Å². The van der Waals surface area contributed by atoms with E-state index in [0.717, 1.165) is 11.3 Å². The highest BCUT2D eigenvalue weighted by atomic mass is 79.9. The number of thioether (sulfide) groups is 1. The van der Waals surface area contributed by atoms with Crippen LogP contribution < -0.4 is 5.32 Å². The van der Waals surface area contributed by atoms with E-state index >= 15 is 0 Å². The predicted octanol–water partition coefficient (Wildman–Crippen LogP) is 4.36. The first-order valence-electron chi connectivity index (χ1n) is 7.75. The lowest BCUT2D eigenvalue weighted by molar-refractivity contribution is -0.113. The van der Waals surface area contributed by atoms with Gasteiger partial charge in [-0.15, -0.1) is 10.2 Å². The molecule has 0 spiro atoms. The second kappa shape index (κ2) is 7.88. The molecule has 0 atom stereocenters. The first kappa shape index (κ1) is 17.8. The maximum Gasteiger partial charge on any atom is 0.234 e. The van der Waals surface area contributed by atoms with E-state index < -0.39 is 0 Å². The van der Waals surface area contributed by atoms with Crippen LogP contribution in [0.25, 0.3) is 11.6 Å². The van der Waals surface area contributed by atoms with Crippen LogP contribution in [-0.4, -0.2) is 26.4 Å². The van der Waals surface area contributed by atoms with E-state index in [1.165, 1.54) is 11.8 Å². The molecule has 0 unspecified atom stereocenters. The fourth-order valence-electron chi connectivity index (χ4n) is 2.35. The van der Waals surface area contributed by atoms with E-state index in [9.17, 15) is 4.79 Å². The number of carbonyl (C=O) groups excluding carboxylic acids is 1. The number of carbonyl (C=O) groups is 1. The molecule has 8 heteroatoms. The molecule has 1 aromatic carbocycles. The molecule has 0 saturated heterocycles. The Morgan fingerprint density at radius 3 is 2.84 bits per heavy atom. The highest BCUT2D eigenvalue weighted by Gasteiger charge is 2.17. The smallest absolute Gasteiger partial charge is 0.234 e. The quantitative estimate of drug-likeness (QED) is 0.599. The molecule has 0 radical (unpaired) electrons. The summed E-state index contributed by atoms with van der Waals surface area (Å²) in [4.78, 5) is 12.2. The van der Waals surface area contributed by atoms with Crippen LogP contribution in [0.1, 0.15) is 12.5 Å². The lowest BCUT2D eigenvalue weighted by Crippen LogP contribution is -2.14. The molecule has 0 fully saturated rings. The third kappa shape index (κ3) is 4.32. The van der Waals surface area contributed by atoms with Crippen LogP contribution in [0.3, 0.4) is 0 Å². The molecule has 0 aliphatic heterocycles. The minimum absolute atomic E-state index is 0.0800. The van der Waals surface area contributed by atoms with Crippen LogP contribution in [0, 0.1) is 6.92 Å². The van der Waals surface area contributed by atoms with Crippen molar-refractivity contribution in [3.63, 3.8) is 0 Å². The van der Waals surface area contributed by atoms with Gasteiger partial charge in [-0.25, -0.2) is 0 Å². The first-order valence-corrected chi connectivity index (χ1v) is 9.53. The minimum Gasteiger partial charge on any atom is -0.446 e. The molecule has 0 saturated carbocycles. The molecule has 0 aliphatic carbocycles. The Morgan fingerprint density at radius 2 is 2.16 bits per heavy atom. The number of rotatable bonds is 6. The summed E-state index contributed by atoms with van der Waals surface area (Å²) >= 11 is 4.64. The molecule has 6 nitrogen and oxygen atoms in total. The molecule has 0 aliphatic rings. The van der Waals surface area contributed by atoms with Crippen LogP contribution in [0.15, 0.2) is 50.6 Å². The molecule has 2 heterocycles. The Labute approximate surface area is 158 Å². The van der Waals surface area contributed by atoms with Gasteiger partial charge in [0.1, 0.15) is 0 Å². The second-order valence-electron chi connectivity index (χ2n) is 5.36. The fourth-order valence-corrected chi connectivity index (χ4v) is 3.46. The number of benzene rings is 1. The average Bonchev–Trinajstić information content (AvgIpc) is 3.18. The zero-order valence-electron chi connectivity index (χ0n) is 13.8. The number of amides is 1. The van der Waals surface area contributed by atoms with E-state index in [-0.39, 0.29) is 11.7 Å². The van der Waals surface area contributed by atoms with Crippen molar-refractivity contribution >= 4 is 39.3 Å². The number of nitrogens with zero attached hydrogens (tertiary/aromatic N) is 3. The van der Waals surface area contributed by atoms with Gasteiger partial charge in [0.25, 0.3) is 0 Å². The number of anilines is 1. The molecule has 3 aromatic rings. The van der Waals surface area contributed by atoms with E-state index in [1.807, 2.05) is 54.8 Å². The summed E-state index contributed by atoms with van der Waals surface area (Å²) in [6, 6.07) is 11.4. The van der Waals surface area contributed by atoms with Gasteiger partial charge in [0.05, 0.1) is 5.75 Å². The van der Waals surface area contributed by atoms with Crippen LogP contribution in [0.4, 0.5) is 5.69 Å². The first-order chi connectivity index (χ1) is 12.1. The maximum atomic E-state index is 12.2. The summed E-state index contributed by atoms with van der Waals surface area (Å²) < 4.78 is 8.11. The van der Waals surface area contributed by atoms with Crippen LogP contribution in [0.2, 0.25) is 0 Å². The maximum absolute atomic E-state index is 12.2. The van der Waals surface area contributed by atoms with Gasteiger partial charge in [-0.2, -0.15) is 0 Å². The van der Waals surface area contributed by atoms with Crippen molar-refractivity contribution in [2.24, 2.45) is 0 Å². The number of nitrogens with one attached hydrogen (secondary N) is 1. The zero-order chi connectivity index (χ0) is 17.8. The number of furan rings is 1. The van der Waals surface area contributed by atoms with Crippen molar-refractivity contribution in [3.8, 4) is 11.6 Å². The number of hydrogen-bond acceptors (Lipinski definition) is 5. The lowest BCUT2D eigenvalue weighted by Gasteiger charge is -2.07. The summed E-state index contributed by atoms with van der Waals surface area (Å²) in [5.41, 5.74) is 1.90. The largest absolute Gasteiger partial charge is 0.446 e. The number of aromatic nitrogens is 3. The van der Waals surface area contributed by atoms with Crippen LogP contribution in [-0.2, 0) is 11.3 Å². The van der Waals surface area contributed by atoms with Crippen molar-refractivity contribution in [3.05, 3.63) is 46.6 Å². The van der Waals surface area contributed by atoms with E-state index in [4.69, 9.17) is 4.42 Å².